The number of rotatable bonds is 3. The molecule has 126 valence electrons. The number of nitrogens with one attached hydrogen (secondary N) is 2. The maximum absolute atomic E-state index is 12.6. The fourth-order valence-corrected chi connectivity index (χ4v) is 3.99. The van der Waals surface area contributed by atoms with Crippen LogP contribution in [0.3, 0.4) is 0 Å². The van der Waals surface area contributed by atoms with Gasteiger partial charge >= 0.3 is 0 Å². The highest BCUT2D eigenvalue weighted by atomic mass is 16.2. The smallest absolute Gasteiger partial charge is 0.229 e. The number of benzene rings is 1. The van der Waals surface area contributed by atoms with E-state index in [9.17, 15) is 4.79 Å². The highest BCUT2D eigenvalue weighted by Gasteiger charge is 2.57. The van der Waals surface area contributed by atoms with Gasteiger partial charge in [-0.2, -0.15) is 5.10 Å². The van der Waals surface area contributed by atoms with Crippen molar-refractivity contribution in [1.82, 2.24) is 15.1 Å². The van der Waals surface area contributed by atoms with Crippen LogP contribution in [0.5, 0.6) is 0 Å². The Bertz CT molecular complexity index is 773. The second-order valence-corrected chi connectivity index (χ2v) is 7.21. The molecule has 1 amide bonds. The van der Waals surface area contributed by atoms with Crippen LogP contribution in [0.2, 0.25) is 0 Å². The third-order valence-electron chi connectivity index (χ3n) is 5.66. The number of carbonyl (C=O) groups is 1. The number of aryl methyl sites for hydroxylation is 2. The summed E-state index contributed by atoms with van der Waals surface area (Å²) < 4.78 is 1.76. The summed E-state index contributed by atoms with van der Waals surface area (Å²) in [6, 6.07) is 10.1. The van der Waals surface area contributed by atoms with Crippen molar-refractivity contribution in [3.05, 3.63) is 35.9 Å². The van der Waals surface area contributed by atoms with E-state index in [1.54, 1.807) is 4.68 Å². The van der Waals surface area contributed by atoms with E-state index in [1.807, 2.05) is 25.2 Å². The first-order valence-corrected chi connectivity index (χ1v) is 8.71. The SMILES string of the molecule is Cc1ccccc1-c1cc(NC(=O)C2CC23CCNCC3)n(C)n1. The monoisotopic (exact) mass is 324 g/mol. The molecule has 2 aromatic rings. The fraction of sp³-hybridized carbons (Fsp3) is 0.474. The van der Waals surface area contributed by atoms with E-state index in [1.165, 1.54) is 5.56 Å². The van der Waals surface area contributed by atoms with E-state index in [0.29, 0.717) is 0 Å². The second-order valence-electron chi connectivity index (χ2n) is 7.21. The zero-order valence-corrected chi connectivity index (χ0v) is 14.3. The number of piperidine rings is 1. The van der Waals surface area contributed by atoms with Gasteiger partial charge in [-0.25, -0.2) is 0 Å². The Kier molecular flexibility index (Phi) is 3.68. The van der Waals surface area contributed by atoms with Crippen molar-refractivity contribution in [2.24, 2.45) is 18.4 Å². The molecule has 1 aromatic carbocycles. The maximum atomic E-state index is 12.6. The summed E-state index contributed by atoms with van der Waals surface area (Å²) in [7, 11) is 1.88. The molecule has 2 aliphatic rings. The van der Waals surface area contributed by atoms with Crippen LogP contribution >= 0.6 is 0 Å². The Labute approximate surface area is 142 Å². The second kappa shape index (κ2) is 5.74. The number of nitrogens with zero attached hydrogens (tertiary/aromatic N) is 2. The van der Waals surface area contributed by atoms with Gasteiger partial charge < -0.3 is 10.6 Å². The molecule has 0 radical (unpaired) electrons. The Morgan fingerprint density at radius 1 is 1.33 bits per heavy atom. The molecule has 5 heteroatoms. The zero-order chi connectivity index (χ0) is 16.7. The first-order valence-electron chi connectivity index (χ1n) is 8.71. The van der Waals surface area contributed by atoms with E-state index in [4.69, 9.17) is 0 Å². The molecule has 1 aromatic heterocycles. The van der Waals surface area contributed by atoms with Gasteiger partial charge in [-0.05, 0) is 50.3 Å². The van der Waals surface area contributed by atoms with Crippen molar-refractivity contribution in [3.63, 3.8) is 0 Å². The first-order chi connectivity index (χ1) is 11.6. The topological polar surface area (TPSA) is 59.0 Å². The average molecular weight is 324 g/mol. The van der Waals surface area contributed by atoms with E-state index >= 15 is 0 Å². The summed E-state index contributed by atoms with van der Waals surface area (Å²) in [6.45, 7) is 4.15. The lowest BCUT2D eigenvalue weighted by molar-refractivity contribution is -0.118. The van der Waals surface area contributed by atoms with Crippen LogP contribution in [0.25, 0.3) is 11.3 Å². The molecule has 1 aliphatic carbocycles. The maximum Gasteiger partial charge on any atom is 0.229 e. The molecule has 1 spiro atoms. The standard InChI is InChI=1S/C19H24N4O/c1-13-5-3-4-6-14(13)16-11-17(23(2)22-16)21-18(24)15-12-19(15)7-9-20-10-8-19/h3-6,11,15,20H,7-10,12H2,1-2H3,(H,21,24). The molecule has 2 heterocycles. The van der Waals surface area contributed by atoms with Gasteiger partial charge in [0, 0.05) is 24.6 Å². The third kappa shape index (κ3) is 2.63. The average Bonchev–Trinajstić information content (AvgIpc) is 3.15. The molecular formula is C19H24N4O. The summed E-state index contributed by atoms with van der Waals surface area (Å²) >= 11 is 0. The van der Waals surface area contributed by atoms with Crippen molar-refractivity contribution in [2.45, 2.75) is 26.2 Å². The molecule has 1 aliphatic heterocycles. The van der Waals surface area contributed by atoms with Gasteiger partial charge in [0.25, 0.3) is 0 Å². The van der Waals surface area contributed by atoms with Crippen LogP contribution in [0.4, 0.5) is 5.82 Å². The molecule has 1 atom stereocenters. The van der Waals surface area contributed by atoms with Gasteiger partial charge in [0.2, 0.25) is 5.91 Å². The molecule has 0 bridgehead atoms. The third-order valence-corrected chi connectivity index (χ3v) is 5.66. The highest BCUT2D eigenvalue weighted by molar-refractivity contribution is 5.95. The normalized spacial score (nSPS) is 21.7. The quantitative estimate of drug-likeness (QED) is 0.913. The largest absolute Gasteiger partial charge is 0.317 e. The number of anilines is 1. The van der Waals surface area contributed by atoms with Crippen molar-refractivity contribution >= 4 is 11.7 Å². The van der Waals surface area contributed by atoms with Crippen LogP contribution in [-0.2, 0) is 11.8 Å². The van der Waals surface area contributed by atoms with Gasteiger partial charge in [0.1, 0.15) is 5.82 Å². The minimum absolute atomic E-state index is 0.149. The van der Waals surface area contributed by atoms with Crippen molar-refractivity contribution in [3.8, 4) is 11.3 Å². The number of aromatic nitrogens is 2. The van der Waals surface area contributed by atoms with Gasteiger partial charge in [-0.15, -0.1) is 0 Å². The number of amides is 1. The van der Waals surface area contributed by atoms with Crippen molar-refractivity contribution in [1.29, 1.82) is 0 Å². The van der Waals surface area contributed by atoms with Crippen LogP contribution in [0, 0.1) is 18.3 Å². The molecule has 1 saturated heterocycles. The zero-order valence-electron chi connectivity index (χ0n) is 14.3. The minimum Gasteiger partial charge on any atom is -0.317 e. The minimum atomic E-state index is 0.149. The van der Waals surface area contributed by atoms with Crippen LogP contribution in [0.1, 0.15) is 24.8 Å². The molecule has 2 fully saturated rings. The van der Waals surface area contributed by atoms with Gasteiger partial charge in [-0.1, -0.05) is 24.3 Å². The predicted octanol–water partition coefficient (Wildman–Crippen LogP) is 2.72. The lowest BCUT2D eigenvalue weighted by atomic mass is 9.92. The van der Waals surface area contributed by atoms with Crippen LogP contribution in [0.15, 0.2) is 30.3 Å². The fourth-order valence-electron chi connectivity index (χ4n) is 3.99. The summed E-state index contributed by atoms with van der Waals surface area (Å²) in [5.41, 5.74) is 3.45. The van der Waals surface area contributed by atoms with Gasteiger partial charge in [0.15, 0.2) is 0 Å². The number of hydrogen-bond donors (Lipinski definition) is 2. The highest BCUT2D eigenvalue weighted by Crippen LogP contribution is 2.58. The summed E-state index contributed by atoms with van der Waals surface area (Å²) in [4.78, 5) is 12.6. The first kappa shape index (κ1) is 15.4. The van der Waals surface area contributed by atoms with E-state index in [-0.39, 0.29) is 17.2 Å². The van der Waals surface area contributed by atoms with E-state index < -0.39 is 0 Å². The Hall–Kier alpha value is -2.14. The van der Waals surface area contributed by atoms with Crippen LogP contribution < -0.4 is 10.6 Å². The number of hydrogen-bond acceptors (Lipinski definition) is 3. The van der Waals surface area contributed by atoms with Crippen molar-refractivity contribution < 1.29 is 4.79 Å². The van der Waals surface area contributed by atoms with Crippen LogP contribution in [-0.4, -0.2) is 28.8 Å². The van der Waals surface area contributed by atoms with Gasteiger partial charge in [-0.3, -0.25) is 9.48 Å². The van der Waals surface area contributed by atoms with Crippen molar-refractivity contribution in [2.75, 3.05) is 18.4 Å². The Balaban J connectivity index is 1.50. The predicted molar refractivity (Wildman–Crippen MR) is 94.7 cm³/mol. The molecular weight excluding hydrogens is 300 g/mol. The van der Waals surface area contributed by atoms with E-state index in [2.05, 4.69) is 34.8 Å². The summed E-state index contributed by atoms with van der Waals surface area (Å²) in [5.74, 6) is 1.09. The number of carbonyl (C=O) groups excluding carboxylic acids is 1. The summed E-state index contributed by atoms with van der Waals surface area (Å²) in [5, 5.41) is 11.0. The van der Waals surface area contributed by atoms with E-state index in [0.717, 1.165) is 49.4 Å². The van der Waals surface area contributed by atoms with Gasteiger partial charge in [0.05, 0.1) is 5.69 Å². The molecule has 2 N–H and O–H groups in total. The molecule has 5 nitrogen and oxygen atoms in total. The molecule has 24 heavy (non-hydrogen) atoms. The lowest BCUT2D eigenvalue weighted by Gasteiger charge is -2.23. The molecule has 1 unspecified atom stereocenters. The summed E-state index contributed by atoms with van der Waals surface area (Å²) in [6.07, 6.45) is 3.26. The lowest BCUT2D eigenvalue weighted by Crippen LogP contribution is -2.31. The Morgan fingerprint density at radius 2 is 2.08 bits per heavy atom. The Morgan fingerprint density at radius 3 is 2.83 bits per heavy atom. The molecule has 4 rings (SSSR count). The molecule has 1 saturated carbocycles.